The van der Waals surface area contributed by atoms with Crippen molar-refractivity contribution >= 4 is 23.2 Å². The van der Waals surface area contributed by atoms with Gasteiger partial charge in [-0.2, -0.15) is 0 Å². The highest BCUT2D eigenvalue weighted by atomic mass is 16.2. The SMILES string of the molecule is CCc1cccc(C)c1N(CC(=O)Nc1ccccc1)C(C)=O. The molecule has 23 heavy (non-hydrogen) atoms. The third kappa shape index (κ3) is 4.19. The molecule has 120 valence electrons. The Kier molecular flexibility index (Phi) is 5.52. The summed E-state index contributed by atoms with van der Waals surface area (Å²) in [6.07, 6.45) is 0.807. The van der Waals surface area contributed by atoms with Crippen LogP contribution in [0.3, 0.4) is 0 Å². The van der Waals surface area contributed by atoms with Crippen LogP contribution in [-0.4, -0.2) is 18.4 Å². The van der Waals surface area contributed by atoms with Crippen molar-refractivity contribution in [2.75, 3.05) is 16.8 Å². The molecule has 4 nitrogen and oxygen atoms in total. The van der Waals surface area contributed by atoms with E-state index in [0.717, 1.165) is 28.9 Å². The number of carbonyl (C=O) groups excluding carboxylic acids is 2. The van der Waals surface area contributed by atoms with Crippen molar-refractivity contribution in [3.8, 4) is 0 Å². The molecular formula is C19H22N2O2. The van der Waals surface area contributed by atoms with E-state index in [1.807, 2.05) is 62.4 Å². The van der Waals surface area contributed by atoms with E-state index in [0.29, 0.717) is 0 Å². The lowest BCUT2D eigenvalue weighted by molar-refractivity contribution is -0.120. The normalized spacial score (nSPS) is 10.2. The molecule has 0 aliphatic carbocycles. The predicted octanol–water partition coefficient (Wildman–Crippen LogP) is 3.55. The topological polar surface area (TPSA) is 49.4 Å². The molecule has 2 amide bonds. The Bertz CT molecular complexity index is 696. The largest absolute Gasteiger partial charge is 0.325 e. The number of nitrogens with one attached hydrogen (secondary N) is 1. The molecule has 0 aliphatic heterocycles. The molecule has 0 radical (unpaired) electrons. The van der Waals surface area contributed by atoms with E-state index in [2.05, 4.69) is 5.32 Å². The van der Waals surface area contributed by atoms with Gasteiger partial charge in [0.1, 0.15) is 6.54 Å². The van der Waals surface area contributed by atoms with Gasteiger partial charge in [-0.15, -0.1) is 0 Å². The van der Waals surface area contributed by atoms with Crippen LogP contribution in [0.25, 0.3) is 0 Å². The van der Waals surface area contributed by atoms with Crippen molar-refractivity contribution in [1.82, 2.24) is 0 Å². The van der Waals surface area contributed by atoms with E-state index in [1.165, 1.54) is 6.92 Å². The monoisotopic (exact) mass is 310 g/mol. The molecule has 0 saturated heterocycles. The minimum Gasteiger partial charge on any atom is -0.325 e. The number of aryl methyl sites for hydroxylation is 2. The predicted molar refractivity (Wildman–Crippen MR) is 93.7 cm³/mol. The molecule has 0 aromatic heterocycles. The Morgan fingerprint density at radius 3 is 2.35 bits per heavy atom. The lowest BCUT2D eigenvalue weighted by atomic mass is 10.0. The minimum atomic E-state index is -0.211. The summed E-state index contributed by atoms with van der Waals surface area (Å²) in [5, 5.41) is 2.82. The summed E-state index contributed by atoms with van der Waals surface area (Å²) in [7, 11) is 0. The van der Waals surface area contributed by atoms with Gasteiger partial charge in [0.25, 0.3) is 0 Å². The summed E-state index contributed by atoms with van der Waals surface area (Å²) in [6, 6.07) is 15.2. The zero-order valence-electron chi connectivity index (χ0n) is 13.8. The van der Waals surface area contributed by atoms with E-state index in [1.54, 1.807) is 4.90 Å². The van der Waals surface area contributed by atoms with Crippen molar-refractivity contribution in [2.45, 2.75) is 27.2 Å². The third-order valence-electron chi connectivity index (χ3n) is 3.71. The van der Waals surface area contributed by atoms with Crippen LogP contribution in [0.5, 0.6) is 0 Å². The number of nitrogens with zero attached hydrogens (tertiary/aromatic N) is 1. The summed E-state index contributed by atoms with van der Waals surface area (Å²) in [6.45, 7) is 5.49. The molecule has 0 fully saturated rings. The fourth-order valence-electron chi connectivity index (χ4n) is 2.60. The van der Waals surface area contributed by atoms with Gasteiger partial charge in [0.2, 0.25) is 11.8 Å². The van der Waals surface area contributed by atoms with E-state index < -0.39 is 0 Å². The number of carbonyl (C=O) groups is 2. The molecule has 0 bridgehead atoms. The molecule has 0 unspecified atom stereocenters. The molecule has 4 heteroatoms. The summed E-state index contributed by atoms with van der Waals surface area (Å²) >= 11 is 0. The molecule has 0 heterocycles. The first-order chi connectivity index (χ1) is 11.0. The van der Waals surface area contributed by atoms with Gasteiger partial charge in [-0.05, 0) is 36.6 Å². The van der Waals surface area contributed by atoms with E-state index in [4.69, 9.17) is 0 Å². The van der Waals surface area contributed by atoms with Crippen LogP contribution in [0, 0.1) is 6.92 Å². The fourth-order valence-corrected chi connectivity index (χ4v) is 2.60. The Labute approximate surface area is 137 Å². The molecule has 0 spiro atoms. The molecule has 0 atom stereocenters. The Morgan fingerprint density at radius 2 is 1.74 bits per heavy atom. The van der Waals surface area contributed by atoms with Gasteiger partial charge in [-0.25, -0.2) is 0 Å². The second-order valence-electron chi connectivity index (χ2n) is 5.46. The van der Waals surface area contributed by atoms with Crippen molar-refractivity contribution in [3.05, 3.63) is 59.7 Å². The van der Waals surface area contributed by atoms with E-state index in [-0.39, 0.29) is 18.4 Å². The molecule has 0 saturated carbocycles. The van der Waals surface area contributed by atoms with Crippen LogP contribution in [0.4, 0.5) is 11.4 Å². The summed E-state index contributed by atoms with van der Waals surface area (Å²) in [5.41, 5.74) is 3.62. The first kappa shape index (κ1) is 16.7. The average Bonchev–Trinajstić information content (AvgIpc) is 2.53. The molecule has 0 aliphatic rings. The fraction of sp³-hybridized carbons (Fsp3) is 0.263. The number of hydrogen-bond donors (Lipinski definition) is 1. The van der Waals surface area contributed by atoms with Gasteiger partial charge in [-0.1, -0.05) is 43.3 Å². The first-order valence-electron chi connectivity index (χ1n) is 7.74. The number of benzene rings is 2. The smallest absolute Gasteiger partial charge is 0.244 e. The van der Waals surface area contributed by atoms with Crippen molar-refractivity contribution < 1.29 is 9.59 Å². The van der Waals surface area contributed by atoms with Gasteiger partial charge in [0.15, 0.2) is 0 Å². The molecule has 2 aromatic carbocycles. The average molecular weight is 310 g/mol. The van der Waals surface area contributed by atoms with Gasteiger partial charge in [0, 0.05) is 12.6 Å². The van der Waals surface area contributed by atoms with Gasteiger partial charge in [-0.3, -0.25) is 9.59 Å². The van der Waals surface area contributed by atoms with Crippen molar-refractivity contribution in [3.63, 3.8) is 0 Å². The summed E-state index contributed by atoms with van der Waals surface area (Å²) in [4.78, 5) is 26.0. The van der Waals surface area contributed by atoms with E-state index in [9.17, 15) is 9.59 Å². The van der Waals surface area contributed by atoms with Crippen LogP contribution in [0.2, 0.25) is 0 Å². The molecule has 1 N–H and O–H groups in total. The third-order valence-corrected chi connectivity index (χ3v) is 3.71. The second kappa shape index (κ2) is 7.58. The first-order valence-corrected chi connectivity index (χ1v) is 7.74. The molecule has 2 rings (SSSR count). The van der Waals surface area contributed by atoms with Gasteiger partial charge < -0.3 is 10.2 Å². The van der Waals surface area contributed by atoms with E-state index >= 15 is 0 Å². The number of hydrogen-bond acceptors (Lipinski definition) is 2. The van der Waals surface area contributed by atoms with Gasteiger partial charge in [0.05, 0.1) is 5.69 Å². The summed E-state index contributed by atoms with van der Waals surface area (Å²) in [5.74, 6) is -0.353. The van der Waals surface area contributed by atoms with Crippen LogP contribution >= 0.6 is 0 Å². The van der Waals surface area contributed by atoms with Crippen LogP contribution < -0.4 is 10.2 Å². The van der Waals surface area contributed by atoms with Crippen molar-refractivity contribution in [2.24, 2.45) is 0 Å². The zero-order chi connectivity index (χ0) is 16.8. The Morgan fingerprint density at radius 1 is 1.04 bits per heavy atom. The highest BCUT2D eigenvalue weighted by molar-refractivity contribution is 6.02. The number of amides is 2. The summed E-state index contributed by atoms with van der Waals surface area (Å²) < 4.78 is 0. The Balaban J connectivity index is 2.23. The van der Waals surface area contributed by atoms with Gasteiger partial charge >= 0.3 is 0 Å². The van der Waals surface area contributed by atoms with Crippen LogP contribution in [-0.2, 0) is 16.0 Å². The quantitative estimate of drug-likeness (QED) is 0.918. The lowest BCUT2D eigenvalue weighted by Gasteiger charge is -2.25. The highest BCUT2D eigenvalue weighted by Gasteiger charge is 2.20. The Hall–Kier alpha value is -2.62. The maximum Gasteiger partial charge on any atom is 0.244 e. The minimum absolute atomic E-state index is 0.00206. The maximum absolute atomic E-state index is 12.3. The number of rotatable bonds is 5. The maximum atomic E-state index is 12.3. The molecular weight excluding hydrogens is 288 g/mol. The lowest BCUT2D eigenvalue weighted by Crippen LogP contribution is -2.37. The number of para-hydroxylation sites is 2. The number of anilines is 2. The van der Waals surface area contributed by atoms with Crippen LogP contribution in [0.15, 0.2) is 48.5 Å². The second-order valence-corrected chi connectivity index (χ2v) is 5.46. The van der Waals surface area contributed by atoms with Crippen molar-refractivity contribution in [1.29, 1.82) is 0 Å². The molecule has 2 aromatic rings. The highest BCUT2D eigenvalue weighted by Crippen LogP contribution is 2.26. The van der Waals surface area contributed by atoms with Crippen LogP contribution in [0.1, 0.15) is 25.0 Å². The standard InChI is InChI=1S/C19H22N2O2/c1-4-16-10-8-9-14(2)19(16)21(15(3)22)13-18(23)20-17-11-6-5-7-12-17/h5-12H,4,13H2,1-3H3,(H,20,23). The zero-order valence-corrected chi connectivity index (χ0v) is 13.8.